The number of aromatic nitrogens is 4. The van der Waals surface area contributed by atoms with Crippen LogP contribution >= 0.6 is 11.6 Å². The van der Waals surface area contributed by atoms with Crippen LogP contribution in [0.5, 0.6) is 0 Å². The van der Waals surface area contributed by atoms with E-state index in [-0.39, 0.29) is 42.2 Å². The van der Waals surface area contributed by atoms with Gasteiger partial charge in [-0.25, -0.2) is 13.8 Å². The van der Waals surface area contributed by atoms with E-state index in [4.69, 9.17) is 21.3 Å². The second-order valence-corrected chi connectivity index (χ2v) is 12.4. The minimum Gasteiger partial charge on any atom is -0.376 e. The summed E-state index contributed by atoms with van der Waals surface area (Å²) in [5.74, 6) is -1.73. The van der Waals surface area contributed by atoms with Crippen LogP contribution in [0.1, 0.15) is 62.5 Å². The first kappa shape index (κ1) is 29.5. The zero-order valence-corrected chi connectivity index (χ0v) is 24.5. The molecule has 0 spiro atoms. The van der Waals surface area contributed by atoms with Crippen LogP contribution in [0.3, 0.4) is 0 Å². The fourth-order valence-electron chi connectivity index (χ4n) is 6.85. The van der Waals surface area contributed by atoms with Gasteiger partial charge in [0.25, 0.3) is 0 Å². The summed E-state index contributed by atoms with van der Waals surface area (Å²) in [4.78, 5) is 18.2. The van der Waals surface area contributed by atoms with Gasteiger partial charge in [-0.3, -0.25) is 4.90 Å². The van der Waals surface area contributed by atoms with Crippen molar-refractivity contribution < 1.29 is 26.7 Å². The van der Waals surface area contributed by atoms with Gasteiger partial charge in [-0.05, 0) is 68.8 Å². The number of hydrogen-bond acceptors (Lipinski definition) is 6. The number of aryl methyl sites for hydroxylation is 1. The highest BCUT2D eigenvalue weighted by Crippen LogP contribution is 2.51. The topological polar surface area (TPSA) is 59.3 Å². The summed E-state index contributed by atoms with van der Waals surface area (Å²) in [5.41, 5.74) is 1.14. The van der Waals surface area contributed by atoms with Crippen molar-refractivity contribution in [1.82, 2.24) is 24.4 Å². The van der Waals surface area contributed by atoms with Crippen molar-refractivity contribution in [2.45, 2.75) is 89.3 Å². The molecule has 228 valence electrons. The van der Waals surface area contributed by atoms with Crippen molar-refractivity contribution in [1.29, 1.82) is 0 Å². The first-order chi connectivity index (χ1) is 19.8. The van der Waals surface area contributed by atoms with Crippen molar-refractivity contribution in [2.24, 2.45) is 5.92 Å². The van der Waals surface area contributed by atoms with E-state index in [1.165, 1.54) is 12.1 Å². The van der Waals surface area contributed by atoms with Gasteiger partial charge in [0, 0.05) is 50.7 Å². The van der Waals surface area contributed by atoms with Gasteiger partial charge >= 0.3 is 6.18 Å². The summed E-state index contributed by atoms with van der Waals surface area (Å²) < 4.78 is 75.7. The van der Waals surface area contributed by atoms with Gasteiger partial charge < -0.3 is 14.2 Å². The summed E-state index contributed by atoms with van der Waals surface area (Å²) in [6, 6.07) is 4.28. The summed E-state index contributed by atoms with van der Waals surface area (Å²) >= 11 is 6.44. The van der Waals surface area contributed by atoms with Gasteiger partial charge in [0.1, 0.15) is 5.82 Å². The number of anilines is 1. The summed E-state index contributed by atoms with van der Waals surface area (Å²) in [6.45, 7) is 8.30. The molecular weight excluding hydrogens is 579 g/mol. The summed E-state index contributed by atoms with van der Waals surface area (Å²) in [5, 5.41) is 0.104. The number of rotatable bonds is 6. The molecule has 7 nitrogen and oxygen atoms in total. The van der Waals surface area contributed by atoms with Crippen LogP contribution in [-0.4, -0.2) is 68.2 Å². The van der Waals surface area contributed by atoms with Crippen molar-refractivity contribution >= 4 is 28.6 Å². The molecule has 4 atom stereocenters. The highest BCUT2D eigenvalue weighted by atomic mass is 35.5. The third-order valence-corrected chi connectivity index (χ3v) is 9.13. The number of hydrogen-bond donors (Lipinski definition) is 0. The van der Waals surface area contributed by atoms with Crippen LogP contribution in [0.25, 0.3) is 11.2 Å². The Morgan fingerprint density at radius 2 is 1.76 bits per heavy atom. The molecule has 2 saturated heterocycles. The highest BCUT2D eigenvalue weighted by Gasteiger charge is 2.51. The minimum absolute atomic E-state index is 0.0850. The van der Waals surface area contributed by atoms with Gasteiger partial charge in [0.15, 0.2) is 17.0 Å². The minimum atomic E-state index is -4.47. The standard InChI is InChI=1S/C29H34ClF5N6O/c1-16-14-40(25-23-26(38-27(30)37-25)41(18(3)36-23)15-22-5-4-10-42-22)17(2)13-39(16)24(20-11-28(31,32)12-20)19-6-8-21(9-7-19)29(33,34)35/h6-9,16-17,20,22,24H,4-5,10-15H2,1-3H3/t16-,17+,22+,24?/m1/s1. The van der Waals surface area contributed by atoms with Gasteiger partial charge in [-0.1, -0.05) is 12.1 Å². The molecular formula is C29H34ClF5N6O. The van der Waals surface area contributed by atoms with Crippen molar-refractivity contribution in [3.8, 4) is 0 Å². The van der Waals surface area contributed by atoms with Gasteiger partial charge in [-0.15, -0.1) is 0 Å². The third kappa shape index (κ3) is 5.57. The predicted octanol–water partition coefficient (Wildman–Crippen LogP) is 6.67. The number of benzene rings is 1. The van der Waals surface area contributed by atoms with E-state index >= 15 is 0 Å². The SMILES string of the molecule is Cc1nc2c(N3C[C@@H](C)N(C(c4ccc(C(F)(F)F)cc4)C4CC(F)(F)C4)C[C@@H]3C)nc(Cl)nc2n1C[C@@H]1CCCO1. The van der Waals surface area contributed by atoms with E-state index in [0.29, 0.717) is 42.2 Å². The largest absolute Gasteiger partial charge is 0.416 e. The lowest BCUT2D eigenvalue weighted by molar-refractivity contribution is -0.138. The van der Waals surface area contributed by atoms with Crippen LogP contribution < -0.4 is 4.90 Å². The Morgan fingerprint density at radius 1 is 1.05 bits per heavy atom. The van der Waals surface area contributed by atoms with E-state index < -0.39 is 23.7 Å². The third-order valence-electron chi connectivity index (χ3n) is 8.96. The maximum atomic E-state index is 14.0. The van der Waals surface area contributed by atoms with E-state index in [0.717, 1.165) is 37.4 Å². The van der Waals surface area contributed by atoms with Crippen molar-refractivity contribution in [3.63, 3.8) is 0 Å². The zero-order chi connectivity index (χ0) is 30.0. The molecule has 4 heterocycles. The molecule has 0 N–H and O–H groups in total. The lowest BCUT2D eigenvalue weighted by Gasteiger charge is -2.52. The van der Waals surface area contributed by atoms with E-state index in [1.807, 2.05) is 25.3 Å². The highest BCUT2D eigenvalue weighted by molar-refractivity contribution is 6.28. The number of imidazole rings is 1. The fraction of sp³-hybridized carbons (Fsp3) is 0.621. The van der Waals surface area contributed by atoms with Crippen LogP contribution in [0.2, 0.25) is 5.28 Å². The smallest absolute Gasteiger partial charge is 0.376 e. The molecule has 3 fully saturated rings. The molecule has 3 aromatic rings. The Hall–Kier alpha value is -2.57. The summed E-state index contributed by atoms with van der Waals surface area (Å²) in [7, 11) is 0. The molecule has 1 aromatic carbocycles. The van der Waals surface area contributed by atoms with E-state index in [1.54, 1.807) is 0 Å². The Kier molecular flexibility index (Phi) is 7.62. The summed E-state index contributed by atoms with van der Waals surface area (Å²) in [6.07, 6.45) is -2.98. The Bertz CT molecular complexity index is 1430. The number of nitrogens with zero attached hydrogens (tertiary/aromatic N) is 6. The van der Waals surface area contributed by atoms with Gasteiger partial charge in [0.2, 0.25) is 11.2 Å². The molecule has 42 heavy (non-hydrogen) atoms. The Morgan fingerprint density at radius 3 is 2.38 bits per heavy atom. The average Bonchev–Trinajstić information content (AvgIpc) is 3.52. The molecule has 3 aliphatic rings. The van der Waals surface area contributed by atoms with Gasteiger partial charge in [0.05, 0.1) is 18.2 Å². The molecule has 1 unspecified atom stereocenters. The molecule has 13 heteroatoms. The fourth-order valence-corrected chi connectivity index (χ4v) is 7.01. The van der Waals surface area contributed by atoms with Crippen LogP contribution in [-0.2, 0) is 17.5 Å². The molecule has 2 aliphatic heterocycles. The lowest BCUT2D eigenvalue weighted by Crippen LogP contribution is -2.59. The van der Waals surface area contributed by atoms with Gasteiger partial charge in [-0.2, -0.15) is 23.1 Å². The number of fused-ring (bicyclic) bond motifs is 1. The maximum absolute atomic E-state index is 14.0. The van der Waals surface area contributed by atoms with Crippen LogP contribution in [0, 0.1) is 12.8 Å². The molecule has 2 aromatic heterocycles. The second kappa shape index (κ2) is 10.9. The van der Waals surface area contributed by atoms with E-state index in [9.17, 15) is 22.0 Å². The molecule has 6 rings (SSSR count). The van der Waals surface area contributed by atoms with E-state index in [2.05, 4.69) is 19.8 Å². The van der Waals surface area contributed by atoms with Crippen LogP contribution in [0.15, 0.2) is 24.3 Å². The predicted molar refractivity (Wildman–Crippen MR) is 149 cm³/mol. The average molecular weight is 613 g/mol. The second-order valence-electron chi connectivity index (χ2n) is 12.0. The van der Waals surface area contributed by atoms with Crippen LogP contribution in [0.4, 0.5) is 27.8 Å². The maximum Gasteiger partial charge on any atom is 0.416 e. The quantitative estimate of drug-likeness (QED) is 0.229. The number of alkyl halides is 5. The number of ether oxygens (including phenoxy) is 1. The molecule has 1 saturated carbocycles. The molecule has 0 radical (unpaired) electrons. The molecule has 1 aliphatic carbocycles. The Balaban J connectivity index is 1.29. The van der Waals surface area contributed by atoms with Crippen molar-refractivity contribution in [3.05, 3.63) is 46.5 Å². The normalized spacial score (nSPS) is 26.1. The molecule has 0 amide bonds. The zero-order valence-electron chi connectivity index (χ0n) is 23.7. The Labute approximate surface area is 246 Å². The molecule has 0 bridgehead atoms. The first-order valence-corrected chi connectivity index (χ1v) is 14.8. The lowest BCUT2D eigenvalue weighted by atomic mass is 9.73. The first-order valence-electron chi connectivity index (χ1n) is 14.4. The number of piperazine rings is 1. The number of halogens is 6. The monoisotopic (exact) mass is 612 g/mol. The van der Waals surface area contributed by atoms with Crippen molar-refractivity contribution in [2.75, 3.05) is 24.6 Å².